The van der Waals surface area contributed by atoms with Crippen molar-refractivity contribution in [1.82, 2.24) is 4.98 Å². The number of aromatic nitrogens is 1. The topological polar surface area (TPSA) is 54.0 Å². The van der Waals surface area contributed by atoms with Crippen LogP contribution in [0.1, 0.15) is 5.56 Å². The Morgan fingerprint density at radius 1 is 1.25 bits per heavy atom. The van der Waals surface area contributed by atoms with Crippen LogP contribution in [0.3, 0.4) is 0 Å². The highest BCUT2D eigenvalue weighted by molar-refractivity contribution is 9.10. The van der Waals surface area contributed by atoms with Gasteiger partial charge in [0.15, 0.2) is 0 Å². The molecule has 2 amide bonds. The van der Waals surface area contributed by atoms with Gasteiger partial charge >= 0.3 is 6.03 Å². The molecule has 2 rings (SSSR count). The van der Waals surface area contributed by atoms with E-state index in [1.807, 2.05) is 6.92 Å². The number of halogens is 3. The summed E-state index contributed by atoms with van der Waals surface area (Å²) in [6.45, 7) is 1.91. The maximum Gasteiger partial charge on any atom is 0.324 e. The Balaban J connectivity index is 2.09. The van der Waals surface area contributed by atoms with Crippen LogP contribution < -0.4 is 10.6 Å². The Labute approximate surface area is 134 Å². The van der Waals surface area contributed by atoms with Gasteiger partial charge in [0.1, 0.15) is 5.82 Å². The Bertz CT molecular complexity index is 664. The molecule has 0 aliphatic heterocycles. The summed E-state index contributed by atoms with van der Waals surface area (Å²) in [5.74, 6) is 0.446. The molecule has 0 bridgehead atoms. The predicted molar refractivity (Wildman–Crippen MR) is 85.8 cm³/mol. The molecule has 104 valence electrons. The van der Waals surface area contributed by atoms with Gasteiger partial charge in [-0.25, -0.2) is 9.78 Å². The Hall–Kier alpha value is -1.30. The van der Waals surface area contributed by atoms with Crippen molar-refractivity contribution in [3.05, 3.63) is 50.5 Å². The summed E-state index contributed by atoms with van der Waals surface area (Å²) in [6, 6.07) is 6.14. The summed E-state index contributed by atoms with van der Waals surface area (Å²) >= 11 is 15.2. The normalized spacial score (nSPS) is 10.2. The van der Waals surface area contributed by atoms with Gasteiger partial charge in [0, 0.05) is 15.7 Å². The summed E-state index contributed by atoms with van der Waals surface area (Å²) in [4.78, 5) is 15.9. The second-order valence-electron chi connectivity index (χ2n) is 4.02. The standard InChI is InChI=1S/C13H10BrCl2N3O/c1-7-4-12(17-6-9(7)14)19-13(20)18-11-5-8(15)2-3-10(11)16/h2-6H,1H3,(H2,17,18,19,20). The molecule has 0 radical (unpaired) electrons. The number of carbonyl (C=O) groups excluding carboxylic acids is 1. The molecule has 1 aromatic heterocycles. The van der Waals surface area contributed by atoms with E-state index in [2.05, 4.69) is 31.5 Å². The second-order valence-corrected chi connectivity index (χ2v) is 5.72. The molecule has 0 fully saturated rings. The van der Waals surface area contributed by atoms with Gasteiger partial charge in [-0.2, -0.15) is 0 Å². The molecule has 0 spiro atoms. The number of benzene rings is 1. The number of urea groups is 1. The summed E-state index contributed by atoms with van der Waals surface area (Å²) in [5, 5.41) is 6.13. The lowest BCUT2D eigenvalue weighted by molar-refractivity contribution is 0.262. The third-order valence-corrected chi connectivity index (χ3v) is 3.86. The van der Waals surface area contributed by atoms with Crippen LogP contribution in [0.25, 0.3) is 0 Å². The minimum atomic E-state index is -0.441. The number of carbonyl (C=O) groups is 1. The number of anilines is 2. The molecule has 0 unspecified atom stereocenters. The number of nitrogens with zero attached hydrogens (tertiary/aromatic N) is 1. The molecule has 0 saturated carbocycles. The maximum atomic E-state index is 11.9. The van der Waals surface area contributed by atoms with Gasteiger partial charge < -0.3 is 5.32 Å². The highest BCUT2D eigenvalue weighted by Crippen LogP contribution is 2.25. The van der Waals surface area contributed by atoms with Crippen LogP contribution in [0, 0.1) is 6.92 Å². The summed E-state index contributed by atoms with van der Waals surface area (Å²) in [7, 11) is 0. The van der Waals surface area contributed by atoms with Crippen LogP contribution in [0.5, 0.6) is 0 Å². The van der Waals surface area contributed by atoms with Gasteiger partial charge in [0.05, 0.1) is 10.7 Å². The Morgan fingerprint density at radius 2 is 2.00 bits per heavy atom. The van der Waals surface area contributed by atoms with Crippen LogP contribution in [0.2, 0.25) is 10.0 Å². The molecule has 0 aliphatic carbocycles. The van der Waals surface area contributed by atoms with Gasteiger partial charge in [-0.15, -0.1) is 0 Å². The first-order valence-corrected chi connectivity index (χ1v) is 7.16. The molecule has 1 heterocycles. The van der Waals surface area contributed by atoms with Gasteiger partial charge in [0.2, 0.25) is 0 Å². The molecule has 1 aromatic carbocycles. The van der Waals surface area contributed by atoms with Crippen LogP contribution >= 0.6 is 39.1 Å². The molecule has 2 N–H and O–H groups in total. The molecule has 20 heavy (non-hydrogen) atoms. The van der Waals surface area contributed by atoms with Crippen molar-refractivity contribution in [2.24, 2.45) is 0 Å². The third-order valence-electron chi connectivity index (χ3n) is 2.47. The fourth-order valence-corrected chi connectivity index (χ4v) is 2.02. The molecule has 0 atom stereocenters. The number of pyridine rings is 1. The first kappa shape index (κ1) is 15.1. The first-order valence-electron chi connectivity index (χ1n) is 5.61. The maximum absolute atomic E-state index is 11.9. The van der Waals surface area contributed by atoms with Crippen molar-refractivity contribution in [3.8, 4) is 0 Å². The lowest BCUT2D eigenvalue weighted by Gasteiger charge is -2.09. The molecule has 4 nitrogen and oxygen atoms in total. The predicted octanol–water partition coefficient (Wildman–Crippen LogP) is 5.10. The lowest BCUT2D eigenvalue weighted by Crippen LogP contribution is -2.20. The van der Waals surface area contributed by atoms with Gasteiger partial charge in [-0.1, -0.05) is 23.2 Å². The van der Waals surface area contributed by atoms with E-state index in [9.17, 15) is 4.79 Å². The zero-order chi connectivity index (χ0) is 14.7. The van der Waals surface area contributed by atoms with Crippen molar-refractivity contribution < 1.29 is 4.79 Å². The minimum Gasteiger partial charge on any atom is -0.306 e. The third kappa shape index (κ3) is 3.85. The largest absolute Gasteiger partial charge is 0.324 e. The summed E-state index contributed by atoms with van der Waals surface area (Å²) in [5.41, 5.74) is 1.40. The number of aryl methyl sites for hydroxylation is 1. The zero-order valence-electron chi connectivity index (χ0n) is 10.4. The lowest BCUT2D eigenvalue weighted by atomic mass is 10.3. The van der Waals surface area contributed by atoms with E-state index in [4.69, 9.17) is 23.2 Å². The van der Waals surface area contributed by atoms with Crippen molar-refractivity contribution in [2.75, 3.05) is 10.6 Å². The molecule has 2 aromatic rings. The molecular weight excluding hydrogens is 365 g/mol. The molecular formula is C13H10BrCl2N3O. The van der Waals surface area contributed by atoms with Crippen molar-refractivity contribution in [3.63, 3.8) is 0 Å². The van der Waals surface area contributed by atoms with Crippen molar-refractivity contribution in [2.45, 2.75) is 6.92 Å². The van der Waals surface area contributed by atoms with Crippen molar-refractivity contribution in [1.29, 1.82) is 0 Å². The number of nitrogens with one attached hydrogen (secondary N) is 2. The van der Waals surface area contributed by atoms with Crippen LogP contribution in [-0.2, 0) is 0 Å². The highest BCUT2D eigenvalue weighted by atomic mass is 79.9. The fraction of sp³-hybridized carbons (Fsp3) is 0.0769. The number of amides is 2. The minimum absolute atomic E-state index is 0.407. The molecule has 0 saturated heterocycles. The first-order chi connectivity index (χ1) is 9.45. The van der Waals surface area contributed by atoms with Crippen LogP contribution in [-0.4, -0.2) is 11.0 Å². The molecule has 7 heteroatoms. The smallest absolute Gasteiger partial charge is 0.306 e. The average molecular weight is 375 g/mol. The van der Waals surface area contributed by atoms with E-state index in [0.717, 1.165) is 10.0 Å². The van der Waals surface area contributed by atoms with E-state index >= 15 is 0 Å². The SMILES string of the molecule is Cc1cc(NC(=O)Nc2cc(Cl)ccc2Cl)ncc1Br. The van der Waals surface area contributed by atoms with Crippen LogP contribution in [0.15, 0.2) is 34.9 Å². The number of rotatable bonds is 2. The van der Waals surface area contributed by atoms with Gasteiger partial charge in [-0.3, -0.25) is 5.32 Å². The van der Waals surface area contributed by atoms with Gasteiger partial charge in [-0.05, 0) is 52.7 Å². The van der Waals surface area contributed by atoms with E-state index in [1.54, 1.807) is 30.5 Å². The number of hydrogen-bond donors (Lipinski definition) is 2. The number of hydrogen-bond acceptors (Lipinski definition) is 2. The summed E-state index contributed by atoms with van der Waals surface area (Å²) < 4.78 is 0.876. The Morgan fingerprint density at radius 3 is 2.70 bits per heavy atom. The average Bonchev–Trinajstić information content (AvgIpc) is 2.38. The van der Waals surface area contributed by atoms with Crippen molar-refractivity contribution >= 4 is 56.7 Å². The quantitative estimate of drug-likeness (QED) is 0.767. The summed E-state index contributed by atoms with van der Waals surface area (Å²) in [6.07, 6.45) is 1.62. The van der Waals surface area contributed by atoms with E-state index < -0.39 is 6.03 Å². The van der Waals surface area contributed by atoms with E-state index in [1.165, 1.54) is 0 Å². The molecule has 0 aliphatic rings. The zero-order valence-corrected chi connectivity index (χ0v) is 13.5. The second kappa shape index (κ2) is 6.43. The van der Waals surface area contributed by atoms with Gasteiger partial charge in [0.25, 0.3) is 0 Å². The highest BCUT2D eigenvalue weighted by Gasteiger charge is 2.08. The monoisotopic (exact) mass is 373 g/mol. The van der Waals surface area contributed by atoms with E-state index in [-0.39, 0.29) is 0 Å². The fourth-order valence-electron chi connectivity index (χ4n) is 1.47. The van der Waals surface area contributed by atoms with E-state index in [0.29, 0.717) is 21.6 Å². The van der Waals surface area contributed by atoms with Crippen LogP contribution in [0.4, 0.5) is 16.3 Å². The Kier molecular flexibility index (Phi) is 4.86.